The third-order valence-corrected chi connectivity index (χ3v) is 2.77. The van der Waals surface area contributed by atoms with Gasteiger partial charge in [-0.05, 0) is 32.2 Å². The molecule has 1 atom stereocenters. The summed E-state index contributed by atoms with van der Waals surface area (Å²) in [5, 5.41) is 3.59. The molecule has 0 bridgehead atoms. The van der Waals surface area contributed by atoms with Gasteiger partial charge in [-0.1, -0.05) is 17.7 Å². The molecule has 0 radical (unpaired) electrons. The SMILES string of the molecule is CNCCN(C)C(=O)C(C)Oc1cccc(Cl)c1.Cl. The second-order valence-corrected chi connectivity index (χ2v) is 4.52. The van der Waals surface area contributed by atoms with Crippen LogP contribution in [0, 0.1) is 0 Å². The molecule has 0 heterocycles. The molecule has 0 aliphatic carbocycles. The fraction of sp³-hybridized carbons (Fsp3) is 0.462. The first kappa shape index (κ1) is 18.0. The molecule has 1 aromatic carbocycles. The fourth-order valence-electron chi connectivity index (χ4n) is 1.49. The van der Waals surface area contributed by atoms with E-state index in [-0.39, 0.29) is 18.3 Å². The first-order valence-electron chi connectivity index (χ1n) is 5.86. The minimum Gasteiger partial charge on any atom is -0.481 e. The largest absolute Gasteiger partial charge is 0.481 e. The highest BCUT2D eigenvalue weighted by Crippen LogP contribution is 2.18. The van der Waals surface area contributed by atoms with Gasteiger partial charge in [-0.15, -0.1) is 12.4 Å². The normalized spacial score (nSPS) is 11.4. The highest BCUT2D eigenvalue weighted by Gasteiger charge is 2.18. The summed E-state index contributed by atoms with van der Waals surface area (Å²) in [5.41, 5.74) is 0. The quantitative estimate of drug-likeness (QED) is 0.876. The summed E-state index contributed by atoms with van der Waals surface area (Å²) in [7, 11) is 3.61. The van der Waals surface area contributed by atoms with Gasteiger partial charge in [0.2, 0.25) is 0 Å². The molecule has 0 aliphatic heterocycles. The Labute approximate surface area is 125 Å². The maximum atomic E-state index is 12.0. The Kier molecular flexibility index (Phi) is 8.56. The topological polar surface area (TPSA) is 41.6 Å². The molecule has 1 aromatic rings. The first-order chi connectivity index (χ1) is 8.54. The van der Waals surface area contributed by atoms with Crippen LogP contribution in [0.3, 0.4) is 0 Å². The van der Waals surface area contributed by atoms with Gasteiger partial charge in [0.05, 0.1) is 0 Å². The van der Waals surface area contributed by atoms with Crippen molar-refractivity contribution in [2.75, 3.05) is 27.2 Å². The Morgan fingerprint density at radius 1 is 1.53 bits per heavy atom. The van der Waals surface area contributed by atoms with E-state index in [1.54, 1.807) is 43.1 Å². The Hall–Kier alpha value is -0.970. The van der Waals surface area contributed by atoms with Crippen LogP contribution in [0.4, 0.5) is 0 Å². The summed E-state index contributed by atoms with van der Waals surface area (Å²) >= 11 is 5.86. The van der Waals surface area contributed by atoms with Crippen LogP contribution in [-0.2, 0) is 4.79 Å². The number of benzene rings is 1. The lowest BCUT2D eigenvalue weighted by molar-refractivity contribution is -0.136. The van der Waals surface area contributed by atoms with Gasteiger partial charge in [-0.2, -0.15) is 0 Å². The van der Waals surface area contributed by atoms with Gasteiger partial charge in [0, 0.05) is 25.2 Å². The van der Waals surface area contributed by atoms with E-state index < -0.39 is 6.10 Å². The number of carbonyl (C=O) groups excluding carboxylic acids is 1. The lowest BCUT2D eigenvalue weighted by Gasteiger charge is -2.22. The van der Waals surface area contributed by atoms with E-state index in [9.17, 15) is 4.79 Å². The van der Waals surface area contributed by atoms with Crippen LogP contribution >= 0.6 is 24.0 Å². The van der Waals surface area contributed by atoms with Crippen LogP contribution in [0.5, 0.6) is 5.75 Å². The summed E-state index contributed by atoms with van der Waals surface area (Å²) in [6.07, 6.45) is -0.523. The van der Waals surface area contributed by atoms with E-state index >= 15 is 0 Å². The van der Waals surface area contributed by atoms with E-state index in [0.29, 0.717) is 17.3 Å². The summed E-state index contributed by atoms with van der Waals surface area (Å²) in [4.78, 5) is 13.6. The predicted octanol–water partition coefficient (Wildman–Crippen LogP) is 2.21. The average molecular weight is 307 g/mol. The molecule has 0 aliphatic rings. The minimum absolute atomic E-state index is 0. The monoisotopic (exact) mass is 306 g/mol. The van der Waals surface area contributed by atoms with Crippen molar-refractivity contribution in [3.05, 3.63) is 29.3 Å². The average Bonchev–Trinajstić information content (AvgIpc) is 2.35. The summed E-state index contributed by atoms with van der Waals surface area (Å²) in [5.74, 6) is 0.551. The van der Waals surface area contributed by atoms with Crippen molar-refractivity contribution in [3.63, 3.8) is 0 Å². The lowest BCUT2D eigenvalue weighted by atomic mass is 10.3. The third kappa shape index (κ3) is 6.14. The number of hydrogen-bond donors (Lipinski definition) is 1. The Bertz CT molecular complexity index is 402. The summed E-state index contributed by atoms with van der Waals surface area (Å²) in [6.45, 7) is 3.14. The predicted molar refractivity (Wildman–Crippen MR) is 80.4 cm³/mol. The van der Waals surface area contributed by atoms with E-state index in [1.807, 2.05) is 7.05 Å². The number of carbonyl (C=O) groups is 1. The third-order valence-electron chi connectivity index (χ3n) is 2.53. The van der Waals surface area contributed by atoms with Crippen LogP contribution in [0.25, 0.3) is 0 Å². The van der Waals surface area contributed by atoms with Gasteiger partial charge >= 0.3 is 0 Å². The smallest absolute Gasteiger partial charge is 0.263 e. The highest BCUT2D eigenvalue weighted by molar-refractivity contribution is 6.30. The lowest BCUT2D eigenvalue weighted by Crippen LogP contribution is -2.40. The zero-order valence-corrected chi connectivity index (χ0v) is 12.9. The molecule has 19 heavy (non-hydrogen) atoms. The van der Waals surface area contributed by atoms with Crippen molar-refractivity contribution in [1.82, 2.24) is 10.2 Å². The van der Waals surface area contributed by atoms with Crippen molar-refractivity contribution in [2.24, 2.45) is 0 Å². The minimum atomic E-state index is -0.523. The van der Waals surface area contributed by atoms with Crippen LogP contribution in [-0.4, -0.2) is 44.1 Å². The molecule has 1 unspecified atom stereocenters. The maximum absolute atomic E-state index is 12.0. The molecule has 0 saturated heterocycles. The number of ether oxygens (including phenoxy) is 1. The van der Waals surface area contributed by atoms with Gasteiger partial charge in [0.1, 0.15) is 5.75 Å². The zero-order valence-electron chi connectivity index (χ0n) is 11.4. The number of amides is 1. The van der Waals surface area contributed by atoms with Gasteiger partial charge in [-0.25, -0.2) is 0 Å². The van der Waals surface area contributed by atoms with Gasteiger partial charge < -0.3 is 15.0 Å². The molecule has 1 rings (SSSR count). The number of nitrogens with one attached hydrogen (secondary N) is 1. The number of nitrogens with zero attached hydrogens (tertiary/aromatic N) is 1. The van der Waals surface area contributed by atoms with Gasteiger partial charge in [0.15, 0.2) is 6.10 Å². The van der Waals surface area contributed by atoms with Gasteiger partial charge in [0.25, 0.3) is 5.91 Å². The molecule has 1 amide bonds. The number of likely N-dealkylation sites (N-methyl/N-ethyl adjacent to an activating group) is 2. The van der Waals surface area contributed by atoms with Crippen molar-refractivity contribution in [1.29, 1.82) is 0 Å². The second kappa shape index (κ2) is 9.02. The van der Waals surface area contributed by atoms with Crippen LogP contribution in [0.1, 0.15) is 6.92 Å². The number of rotatable bonds is 6. The Balaban J connectivity index is 0.00000324. The van der Waals surface area contributed by atoms with Crippen LogP contribution < -0.4 is 10.1 Å². The number of halogens is 2. The second-order valence-electron chi connectivity index (χ2n) is 4.08. The van der Waals surface area contributed by atoms with Crippen molar-refractivity contribution >= 4 is 29.9 Å². The fourth-order valence-corrected chi connectivity index (χ4v) is 1.68. The van der Waals surface area contributed by atoms with E-state index in [4.69, 9.17) is 16.3 Å². The molecule has 0 spiro atoms. The summed E-state index contributed by atoms with van der Waals surface area (Å²) in [6, 6.07) is 7.03. The Morgan fingerprint density at radius 2 is 2.21 bits per heavy atom. The number of hydrogen-bond acceptors (Lipinski definition) is 3. The maximum Gasteiger partial charge on any atom is 0.263 e. The molecule has 108 valence electrons. The van der Waals surface area contributed by atoms with Crippen molar-refractivity contribution in [3.8, 4) is 5.75 Å². The van der Waals surface area contributed by atoms with Crippen LogP contribution in [0.2, 0.25) is 5.02 Å². The Morgan fingerprint density at radius 3 is 2.79 bits per heavy atom. The highest BCUT2D eigenvalue weighted by atomic mass is 35.5. The molecule has 0 saturated carbocycles. The molecular formula is C13H20Cl2N2O2. The van der Waals surface area contributed by atoms with Crippen LogP contribution in [0.15, 0.2) is 24.3 Å². The molecule has 6 heteroatoms. The zero-order chi connectivity index (χ0) is 13.5. The van der Waals surface area contributed by atoms with E-state index in [0.717, 1.165) is 6.54 Å². The van der Waals surface area contributed by atoms with E-state index in [2.05, 4.69) is 5.32 Å². The molecule has 0 aromatic heterocycles. The van der Waals surface area contributed by atoms with Crippen molar-refractivity contribution < 1.29 is 9.53 Å². The van der Waals surface area contributed by atoms with E-state index in [1.165, 1.54) is 0 Å². The molecule has 0 fully saturated rings. The van der Waals surface area contributed by atoms with Crippen molar-refractivity contribution in [2.45, 2.75) is 13.0 Å². The summed E-state index contributed by atoms with van der Waals surface area (Å²) < 4.78 is 5.56. The molecule has 4 nitrogen and oxygen atoms in total. The standard InChI is InChI=1S/C13H19ClN2O2.ClH/c1-10(13(17)16(3)8-7-15-2)18-12-6-4-5-11(14)9-12;/h4-6,9-10,15H,7-8H2,1-3H3;1H. The van der Waals surface area contributed by atoms with Gasteiger partial charge in [-0.3, -0.25) is 4.79 Å². The first-order valence-corrected chi connectivity index (χ1v) is 6.24. The molecule has 1 N–H and O–H groups in total. The molecular weight excluding hydrogens is 287 g/mol.